The smallest absolute Gasteiger partial charge is 0.325 e. The van der Waals surface area contributed by atoms with E-state index in [2.05, 4.69) is 6.58 Å². The Morgan fingerprint density at radius 2 is 2.11 bits per heavy atom. The van der Waals surface area contributed by atoms with Gasteiger partial charge in [-0.15, -0.1) is 6.58 Å². The maximum absolute atomic E-state index is 12.2. The van der Waals surface area contributed by atoms with E-state index < -0.39 is 5.97 Å². The summed E-state index contributed by atoms with van der Waals surface area (Å²) >= 11 is 0. The van der Waals surface area contributed by atoms with Crippen LogP contribution >= 0.6 is 0 Å². The van der Waals surface area contributed by atoms with Gasteiger partial charge in [-0.05, 0) is 6.92 Å². The van der Waals surface area contributed by atoms with Crippen LogP contribution in [-0.4, -0.2) is 67.8 Å². The Morgan fingerprint density at radius 1 is 1.44 bits per heavy atom. The van der Waals surface area contributed by atoms with Crippen LogP contribution in [0.4, 0.5) is 4.79 Å². The van der Waals surface area contributed by atoms with E-state index in [1.54, 1.807) is 17.9 Å². The number of hydrogen-bond acceptors (Lipinski definition) is 4. The Labute approximate surface area is 107 Å². The van der Waals surface area contributed by atoms with Crippen molar-refractivity contribution in [1.82, 2.24) is 9.80 Å². The first kappa shape index (κ1) is 14.5. The lowest BCUT2D eigenvalue weighted by Gasteiger charge is -2.31. The lowest BCUT2D eigenvalue weighted by atomic mass is 10.4. The predicted molar refractivity (Wildman–Crippen MR) is 66.2 cm³/mol. The van der Waals surface area contributed by atoms with E-state index in [9.17, 15) is 9.59 Å². The normalized spacial score (nSPS) is 15.1. The highest BCUT2D eigenvalue weighted by atomic mass is 16.5. The van der Waals surface area contributed by atoms with E-state index in [-0.39, 0.29) is 12.6 Å². The molecule has 0 aliphatic carbocycles. The maximum Gasteiger partial charge on any atom is 0.325 e. The summed E-state index contributed by atoms with van der Waals surface area (Å²) in [6.07, 6.45) is 1.59. The second-order valence-electron chi connectivity index (χ2n) is 3.86. The van der Waals surface area contributed by atoms with Crippen molar-refractivity contribution in [2.24, 2.45) is 0 Å². The number of rotatable bonds is 5. The average molecular weight is 256 g/mol. The molecule has 2 amide bonds. The summed E-state index contributed by atoms with van der Waals surface area (Å²) < 4.78 is 10.0. The predicted octanol–water partition coefficient (Wildman–Crippen LogP) is 0.490. The lowest BCUT2D eigenvalue weighted by molar-refractivity contribution is -0.143. The molecule has 18 heavy (non-hydrogen) atoms. The molecule has 0 atom stereocenters. The number of hydrogen-bond donors (Lipinski definition) is 0. The van der Waals surface area contributed by atoms with Crippen molar-refractivity contribution in [2.45, 2.75) is 6.92 Å². The Bertz CT molecular complexity index is 300. The van der Waals surface area contributed by atoms with Gasteiger partial charge in [0.15, 0.2) is 0 Å². The molecule has 1 saturated heterocycles. The van der Waals surface area contributed by atoms with E-state index >= 15 is 0 Å². The van der Waals surface area contributed by atoms with Crippen molar-refractivity contribution in [1.29, 1.82) is 0 Å². The summed E-state index contributed by atoms with van der Waals surface area (Å²) in [4.78, 5) is 26.7. The molecule has 0 aromatic rings. The van der Waals surface area contributed by atoms with Gasteiger partial charge in [0.1, 0.15) is 6.54 Å². The number of nitrogens with zero attached hydrogens (tertiary/aromatic N) is 2. The van der Waals surface area contributed by atoms with Crippen molar-refractivity contribution in [3.05, 3.63) is 12.7 Å². The van der Waals surface area contributed by atoms with E-state index in [4.69, 9.17) is 9.47 Å². The zero-order chi connectivity index (χ0) is 13.4. The molecule has 1 aliphatic rings. The Kier molecular flexibility index (Phi) is 6.21. The SMILES string of the molecule is C=CCN(CC(=O)OCC)C(=O)N1CCOCC1. The zero-order valence-electron chi connectivity index (χ0n) is 10.8. The van der Waals surface area contributed by atoms with Crippen molar-refractivity contribution >= 4 is 12.0 Å². The summed E-state index contributed by atoms with van der Waals surface area (Å²) in [5.41, 5.74) is 0. The molecule has 0 spiro atoms. The van der Waals surface area contributed by atoms with Crippen LogP contribution in [0.15, 0.2) is 12.7 Å². The number of carbonyl (C=O) groups is 2. The van der Waals surface area contributed by atoms with Gasteiger partial charge in [-0.2, -0.15) is 0 Å². The third-order valence-corrected chi connectivity index (χ3v) is 2.53. The molecule has 0 N–H and O–H groups in total. The van der Waals surface area contributed by atoms with Crippen molar-refractivity contribution in [3.63, 3.8) is 0 Å². The zero-order valence-corrected chi connectivity index (χ0v) is 10.8. The highest BCUT2D eigenvalue weighted by molar-refractivity contribution is 5.81. The van der Waals surface area contributed by atoms with Gasteiger partial charge in [-0.1, -0.05) is 6.08 Å². The molecule has 1 rings (SSSR count). The molecule has 6 heteroatoms. The van der Waals surface area contributed by atoms with Gasteiger partial charge >= 0.3 is 12.0 Å². The van der Waals surface area contributed by atoms with Gasteiger partial charge < -0.3 is 19.3 Å². The van der Waals surface area contributed by atoms with Gasteiger partial charge in [0.05, 0.1) is 19.8 Å². The Hall–Kier alpha value is -1.56. The fourth-order valence-electron chi connectivity index (χ4n) is 1.68. The average Bonchev–Trinajstić information content (AvgIpc) is 2.39. The van der Waals surface area contributed by atoms with Gasteiger partial charge in [0.25, 0.3) is 0 Å². The van der Waals surface area contributed by atoms with Crippen LogP contribution in [0.2, 0.25) is 0 Å². The number of carbonyl (C=O) groups excluding carboxylic acids is 2. The first-order chi connectivity index (χ1) is 8.69. The monoisotopic (exact) mass is 256 g/mol. The fraction of sp³-hybridized carbons (Fsp3) is 0.667. The van der Waals surface area contributed by atoms with E-state index in [0.29, 0.717) is 39.5 Å². The Morgan fingerprint density at radius 3 is 2.67 bits per heavy atom. The second kappa shape index (κ2) is 7.71. The third kappa shape index (κ3) is 4.37. The lowest BCUT2D eigenvalue weighted by Crippen LogP contribution is -2.49. The molecule has 1 fully saturated rings. The topological polar surface area (TPSA) is 59.1 Å². The van der Waals surface area contributed by atoms with Crippen molar-refractivity contribution in [2.75, 3.05) is 46.0 Å². The molecule has 6 nitrogen and oxygen atoms in total. The molecule has 102 valence electrons. The molecule has 1 aliphatic heterocycles. The van der Waals surface area contributed by atoms with Gasteiger partial charge in [-0.3, -0.25) is 4.79 Å². The van der Waals surface area contributed by atoms with Gasteiger partial charge in [-0.25, -0.2) is 4.79 Å². The minimum atomic E-state index is -0.402. The molecule has 0 unspecified atom stereocenters. The van der Waals surface area contributed by atoms with Crippen molar-refractivity contribution < 1.29 is 19.1 Å². The highest BCUT2D eigenvalue weighted by Gasteiger charge is 2.24. The third-order valence-electron chi connectivity index (χ3n) is 2.53. The van der Waals surface area contributed by atoms with Crippen LogP contribution in [0.25, 0.3) is 0 Å². The quantitative estimate of drug-likeness (QED) is 0.530. The standard InChI is InChI=1S/C12H20N2O4/c1-3-5-14(10-11(15)18-4-2)12(16)13-6-8-17-9-7-13/h3H,1,4-10H2,2H3. The molecule has 0 aromatic heterocycles. The number of urea groups is 1. The molecular formula is C12H20N2O4. The summed E-state index contributed by atoms with van der Waals surface area (Å²) in [5.74, 6) is -0.402. The van der Waals surface area contributed by atoms with Crippen LogP contribution in [0.1, 0.15) is 6.92 Å². The summed E-state index contributed by atoms with van der Waals surface area (Å²) in [6.45, 7) is 8.09. The van der Waals surface area contributed by atoms with Gasteiger partial charge in [0, 0.05) is 19.6 Å². The van der Waals surface area contributed by atoms with E-state index in [0.717, 1.165) is 0 Å². The molecule has 0 radical (unpaired) electrons. The maximum atomic E-state index is 12.2. The van der Waals surface area contributed by atoms with Gasteiger partial charge in [0.2, 0.25) is 0 Å². The first-order valence-corrected chi connectivity index (χ1v) is 6.07. The van der Waals surface area contributed by atoms with Crippen LogP contribution in [0.3, 0.4) is 0 Å². The van der Waals surface area contributed by atoms with Crippen molar-refractivity contribution in [3.8, 4) is 0 Å². The van der Waals surface area contributed by atoms with Crippen LogP contribution in [0.5, 0.6) is 0 Å². The number of amides is 2. The minimum Gasteiger partial charge on any atom is -0.465 e. The summed E-state index contributed by atoms with van der Waals surface area (Å²) in [5, 5.41) is 0. The van der Waals surface area contributed by atoms with E-state index in [1.807, 2.05) is 0 Å². The number of ether oxygens (including phenoxy) is 2. The summed E-state index contributed by atoms with van der Waals surface area (Å²) in [6, 6.07) is -0.175. The minimum absolute atomic E-state index is 0.0456. The molecule has 1 heterocycles. The van der Waals surface area contributed by atoms with Crippen LogP contribution in [-0.2, 0) is 14.3 Å². The second-order valence-corrected chi connectivity index (χ2v) is 3.86. The molecule has 0 saturated carbocycles. The number of esters is 1. The Balaban J connectivity index is 2.55. The van der Waals surface area contributed by atoms with E-state index in [1.165, 1.54) is 4.90 Å². The number of morpholine rings is 1. The molecule has 0 bridgehead atoms. The first-order valence-electron chi connectivity index (χ1n) is 6.07. The largest absolute Gasteiger partial charge is 0.465 e. The molecule has 0 aromatic carbocycles. The van der Waals surface area contributed by atoms with Crippen LogP contribution in [0, 0.1) is 0 Å². The molecular weight excluding hydrogens is 236 g/mol. The highest BCUT2D eigenvalue weighted by Crippen LogP contribution is 2.04. The summed E-state index contributed by atoms with van der Waals surface area (Å²) in [7, 11) is 0. The fourth-order valence-corrected chi connectivity index (χ4v) is 1.68. The van der Waals surface area contributed by atoms with Crippen LogP contribution < -0.4 is 0 Å².